The smallest absolute Gasteiger partial charge is 0.341 e. The number of rotatable bonds is 5. The maximum Gasteiger partial charge on any atom is 0.341 e. The van der Waals surface area contributed by atoms with E-state index >= 15 is 0 Å². The molecule has 0 atom stereocenters. The van der Waals surface area contributed by atoms with Gasteiger partial charge < -0.3 is 5.11 Å². The van der Waals surface area contributed by atoms with Crippen LogP contribution in [0.5, 0.6) is 0 Å². The predicted octanol–water partition coefficient (Wildman–Crippen LogP) is 3.22. The van der Waals surface area contributed by atoms with Crippen molar-refractivity contribution in [3.8, 4) is 11.1 Å². The highest BCUT2D eigenvalue weighted by Crippen LogP contribution is 2.19. The largest absolute Gasteiger partial charge is 0.477 e. The van der Waals surface area contributed by atoms with E-state index in [2.05, 4.69) is 0 Å². The molecule has 118 valence electrons. The summed E-state index contributed by atoms with van der Waals surface area (Å²) < 4.78 is 1.58. The highest BCUT2D eigenvalue weighted by atomic mass is 16.4. The lowest BCUT2D eigenvalue weighted by molar-refractivity contribution is -0.683. The monoisotopic (exact) mass is 318 g/mol. The van der Waals surface area contributed by atoms with E-state index in [1.54, 1.807) is 29.0 Å². The van der Waals surface area contributed by atoms with Crippen LogP contribution in [-0.2, 0) is 6.54 Å². The van der Waals surface area contributed by atoms with Crippen LogP contribution in [0, 0.1) is 0 Å². The van der Waals surface area contributed by atoms with Gasteiger partial charge in [0.1, 0.15) is 5.56 Å². The Labute approximate surface area is 139 Å². The summed E-state index contributed by atoms with van der Waals surface area (Å²) in [5, 5.41) is 9.00. The first-order valence-electron chi connectivity index (χ1n) is 7.54. The lowest BCUT2D eigenvalue weighted by Gasteiger charge is -2.03. The number of carboxylic acids is 1. The highest BCUT2D eigenvalue weighted by molar-refractivity contribution is 5.95. The number of carboxylic acid groups (broad SMARTS) is 1. The van der Waals surface area contributed by atoms with Gasteiger partial charge in [0.05, 0.1) is 0 Å². The highest BCUT2D eigenvalue weighted by Gasteiger charge is 2.14. The second kappa shape index (κ2) is 6.87. The average molecular weight is 318 g/mol. The van der Waals surface area contributed by atoms with Crippen molar-refractivity contribution in [2.24, 2.45) is 0 Å². The molecule has 0 spiro atoms. The fraction of sp³-hybridized carbons (Fsp3) is 0.0500. The summed E-state index contributed by atoms with van der Waals surface area (Å²) in [6, 6.07) is 20.5. The quantitative estimate of drug-likeness (QED) is 0.580. The number of nitrogens with zero attached hydrogens (tertiary/aromatic N) is 1. The Hall–Kier alpha value is -3.27. The van der Waals surface area contributed by atoms with E-state index in [1.165, 1.54) is 12.3 Å². The van der Waals surface area contributed by atoms with E-state index in [0.717, 1.165) is 11.1 Å². The predicted molar refractivity (Wildman–Crippen MR) is 89.8 cm³/mol. The Morgan fingerprint density at radius 1 is 0.792 bits per heavy atom. The topological polar surface area (TPSA) is 58.2 Å². The molecule has 0 fully saturated rings. The zero-order valence-corrected chi connectivity index (χ0v) is 12.9. The molecule has 0 aliphatic carbocycles. The molecule has 0 aliphatic rings. The molecule has 0 amide bonds. The van der Waals surface area contributed by atoms with Gasteiger partial charge >= 0.3 is 5.97 Å². The van der Waals surface area contributed by atoms with Gasteiger partial charge in [0.2, 0.25) is 12.3 Å². The van der Waals surface area contributed by atoms with E-state index in [4.69, 9.17) is 5.11 Å². The van der Waals surface area contributed by atoms with Gasteiger partial charge in [0.15, 0.2) is 12.4 Å². The van der Waals surface area contributed by atoms with E-state index in [9.17, 15) is 9.59 Å². The molecule has 1 aromatic heterocycles. The molecule has 1 N–H and O–H groups in total. The molecule has 0 bridgehead atoms. The minimum atomic E-state index is -1.01. The molecule has 3 rings (SSSR count). The summed E-state index contributed by atoms with van der Waals surface area (Å²) in [6.45, 7) is 0.103. The molecule has 0 aliphatic heterocycles. The number of aromatic nitrogens is 1. The van der Waals surface area contributed by atoms with Crippen LogP contribution in [-0.4, -0.2) is 16.9 Å². The number of pyridine rings is 1. The summed E-state index contributed by atoms with van der Waals surface area (Å²) in [5.41, 5.74) is 2.90. The Kier molecular flexibility index (Phi) is 4.47. The van der Waals surface area contributed by atoms with Crippen LogP contribution in [0.25, 0.3) is 11.1 Å². The third kappa shape index (κ3) is 3.55. The third-order valence-electron chi connectivity index (χ3n) is 3.75. The Bertz CT molecular complexity index is 871. The van der Waals surface area contributed by atoms with Gasteiger partial charge in [-0.25, -0.2) is 4.79 Å². The summed E-state index contributed by atoms with van der Waals surface area (Å²) in [7, 11) is 0. The normalized spacial score (nSPS) is 10.3. The van der Waals surface area contributed by atoms with Gasteiger partial charge in [0.25, 0.3) is 0 Å². The minimum absolute atomic E-state index is 0.0675. The van der Waals surface area contributed by atoms with E-state index in [-0.39, 0.29) is 17.9 Å². The van der Waals surface area contributed by atoms with Crippen molar-refractivity contribution in [3.05, 3.63) is 90.3 Å². The second-order valence-electron chi connectivity index (χ2n) is 5.44. The van der Waals surface area contributed by atoms with Crippen molar-refractivity contribution in [1.82, 2.24) is 0 Å². The molecule has 2 aromatic carbocycles. The molecule has 0 unspecified atom stereocenters. The van der Waals surface area contributed by atoms with Crippen LogP contribution in [0.15, 0.2) is 79.1 Å². The Balaban J connectivity index is 1.76. The Morgan fingerprint density at radius 2 is 1.46 bits per heavy atom. The van der Waals surface area contributed by atoms with Crippen molar-refractivity contribution in [1.29, 1.82) is 0 Å². The van der Waals surface area contributed by atoms with Gasteiger partial charge in [-0.15, -0.1) is 0 Å². The first-order valence-corrected chi connectivity index (χ1v) is 7.54. The maximum absolute atomic E-state index is 12.4. The number of ketones is 1. The number of carbonyl (C=O) groups is 2. The molecule has 3 aromatic rings. The van der Waals surface area contributed by atoms with Crippen molar-refractivity contribution in [3.63, 3.8) is 0 Å². The molecule has 1 heterocycles. The van der Waals surface area contributed by atoms with E-state index < -0.39 is 5.97 Å². The zero-order valence-electron chi connectivity index (χ0n) is 12.9. The lowest BCUT2D eigenvalue weighted by atomic mass is 10.0. The van der Waals surface area contributed by atoms with Crippen LogP contribution in [0.4, 0.5) is 0 Å². The SMILES string of the molecule is O=C(O)c1ccc[n+](CC(=O)c2ccc(-c3ccccc3)cc2)c1. The lowest BCUT2D eigenvalue weighted by Crippen LogP contribution is -2.38. The number of hydrogen-bond acceptors (Lipinski definition) is 2. The summed E-state index contributed by atoms with van der Waals surface area (Å²) in [4.78, 5) is 23.4. The van der Waals surface area contributed by atoms with E-state index in [0.29, 0.717) is 5.56 Å². The van der Waals surface area contributed by atoms with Crippen molar-refractivity contribution < 1.29 is 19.3 Å². The van der Waals surface area contributed by atoms with Crippen molar-refractivity contribution >= 4 is 11.8 Å². The molecular weight excluding hydrogens is 302 g/mol. The van der Waals surface area contributed by atoms with Crippen LogP contribution < -0.4 is 4.57 Å². The number of hydrogen-bond donors (Lipinski definition) is 1. The first-order chi connectivity index (χ1) is 11.6. The van der Waals surface area contributed by atoms with Gasteiger partial charge in [-0.1, -0.05) is 54.6 Å². The third-order valence-corrected chi connectivity index (χ3v) is 3.75. The van der Waals surface area contributed by atoms with Gasteiger partial charge in [-0.3, -0.25) is 4.79 Å². The Morgan fingerprint density at radius 3 is 2.12 bits per heavy atom. The molecule has 0 saturated carbocycles. The van der Waals surface area contributed by atoms with Gasteiger partial charge in [-0.05, 0) is 17.2 Å². The molecular formula is C20H16NO3+. The van der Waals surface area contributed by atoms with Crippen molar-refractivity contribution in [2.75, 3.05) is 0 Å². The molecule has 0 saturated heterocycles. The van der Waals surface area contributed by atoms with Crippen LogP contribution >= 0.6 is 0 Å². The minimum Gasteiger partial charge on any atom is -0.477 e. The maximum atomic E-state index is 12.4. The molecule has 4 nitrogen and oxygen atoms in total. The van der Waals surface area contributed by atoms with Crippen molar-refractivity contribution in [2.45, 2.75) is 6.54 Å². The van der Waals surface area contributed by atoms with E-state index in [1.807, 2.05) is 42.5 Å². The van der Waals surface area contributed by atoms with Crippen LogP contribution in [0.2, 0.25) is 0 Å². The summed E-state index contributed by atoms with van der Waals surface area (Å²) in [6.07, 6.45) is 3.14. The number of Topliss-reactive ketones (excluding diaryl/α,β-unsaturated/α-hetero) is 1. The standard InChI is InChI=1S/C20H15NO3/c22-19(14-21-12-4-7-18(13-21)20(23)24)17-10-8-16(9-11-17)15-5-2-1-3-6-15/h1-13H,14H2/p+1. The van der Waals surface area contributed by atoms with Gasteiger partial charge in [-0.2, -0.15) is 4.57 Å². The fourth-order valence-corrected chi connectivity index (χ4v) is 2.48. The molecule has 4 heteroatoms. The molecule has 0 radical (unpaired) electrons. The fourth-order valence-electron chi connectivity index (χ4n) is 2.48. The summed E-state index contributed by atoms with van der Waals surface area (Å²) in [5.74, 6) is -1.08. The zero-order chi connectivity index (χ0) is 16.9. The molecule has 24 heavy (non-hydrogen) atoms. The number of benzene rings is 2. The number of carbonyl (C=O) groups excluding carboxylic acids is 1. The van der Waals surface area contributed by atoms with Crippen LogP contribution in [0.3, 0.4) is 0 Å². The summed E-state index contributed by atoms with van der Waals surface area (Å²) >= 11 is 0. The second-order valence-corrected chi connectivity index (χ2v) is 5.44. The number of aromatic carboxylic acids is 1. The average Bonchev–Trinajstić information content (AvgIpc) is 2.63. The first kappa shape index (κ1) is 15.6. The van der Waals surface area contributed by atoms with Crippen LogP contribution in [0.1, 0.15) is 20.7 Å². The van der Waals surface area contributed by atoms with Gasteiger partial charge in [0, 0.05) is 11.6 Å².